The average Bonchev–Trinajstić information content (AvgIpc) is 2.35. The third-order valence-electron chi connectivity index (χ3n) is 4.47. The number of aliphatic hydroxyl groups excluding tert-OH is 1. The predicted molar refractivity (Wildman–Crippen MR) is 74.4 cm³/mol. The Hall–Kier alpha value is -0.770. The van der Waals surface area contributed by atoms with Crippen LogP contribution in [0.1, 0.15) is 44.9 Å². The molecule has 4 nitrogen and oxygen atoms in total. The van der Waals surface area contributed by atoms with Crippen molar-refractivity contribution in [3.63, 3.8) is 0 Å². The lowest BCUT2D eigenvalue weighted by molar-refractivity contribution is 0.163. The van der Waals surface area contributed by atoms with Gasteiger partial charge in [0.05, 0.1) is 0 Å². The molecule has 0 amide bonds. The molecule has 0 aliphatic heterocycles. The predicted octanol–water partition coefficient (Wildman–Crippen LogP) is 1.49. The maximum absolute atomic E-state index is 9.19. The van der Waals surface area contributed by atoms with Crippen molar-refractivity contribution in [2.24, 2.45) is 28.5 Å². The summed E-state index contributed by atoms with van der Waals surface area (Å²) in [5.74, 6) is 2.52. The lowest BCUT2D eigenvalue weighted by Crippen LogP contribution is -2.37. The quantitative estimate of drug-likeness (QED) is 0.513. The highest BCUT2D eigenvalue weighted by molar-refractivity contribution is 5.77. The average molecular weight is 253 g/mol. The van der Waals surface area contributed by atoms with Gasteiger partial charge in [-0.2, -0.15) is 0 Å². The minimum Gasteiger partial charge on any atom is -0.396 e. The number of aliphatic hydroxyl groups is 1. The smallest absolute Gasteiger partial charge is 0.188 e. The largest absolute Gasteiger partial charge is 0.396 e. The standard InChI is InChI=1S/C14H27N3O/c15-14(16-8-11-3-1-4-11)17-9-12-5-2-6-13(7-12)10-18/h11-13,18H,1-10H2,(H3,15,16,17)/t12-,13+/m0/s1. The van der Waals surface area contributed by atoms with Gasteiger partial charge in [-0.15, -0.1) is 0 Å². The van der Waals surface area contributed by atoms with Crippen molar-refractivity contribution in [1.82, 2.24) is 5.32 Å². The summed E-state index contributed by atoms with van der Waals surface area (Å²) in [5, 5.41) is 12.4. The Kier molecular flexibility index (Phi) is 5.29. The summed E-state index contributed by atoms with van der Waals surface area (Å²) in [6.45, 7) is 2.13. The van der Waals surface area contributed by atoms with Crippen molar-refractivity contribution in [1.29, 1.82) is 0 Å². The van der Waals surface area contributed by atoms with Crippen LogP contribution in [0.25, 0.3) is 0 Å². The number of rotatable bonds is 5. The van der Waals surface area contributed by atoms with Gasteiger partial charge in [-0.1, -0.05) is 12.8 Å². The van der Waals surface area contributed by atoms with E-state index in [0.717, 1.165) is 25.4 Å². The third-order valence-corrected chi connectivity index (χ3v) is 4.47. The number of aliphatic imine (C=N–C) groups is 1. The van der Waals surface area contributed by atoms with E-state index < -0.39 is 0 Å². The molecule has 4 N–H and O–H groups in total. The zero-order valence-electron chi connectivity index (χ0n) is 11.3. The van der Waals surface area contributed by atoms with Crippen molar-refractivity contribution < 1.29 is 5.11 Å². The van der Waals surface area contributed by atoms with Crippen molar-refractivity contribution in [3.05, 3.63) is 0 Å². The van der Waals surface area contributed by atoms with Gasteiger partial charge in [0, 0.05) is 19.7 Å². The lowest BCUT2D eigenvalue weighted by atomic mass is 9.82. The Morgan fingerprint density at radius 2 is 1.78 bits per heavy atom. The van der Waals surface area contributed by atoms with Gasteiger partial charge >= 0.3 is 0 Å². The second kappa shape index (κ2) is 6.98. The topological polar surface area (TPSA) is 70.6 Å². The minimum atomic E-state index is 0.329. The first-order chi connectivity index (χ1) is 8.78. The zero-order chi connectivity index (χ0) is 12.8. The molecule has 2 saturated carbocycles. The van der Waals surface area contributed by atoms with Crippen molar-refractivity contribution in [3.8, 4) is 0 Å². The number of hydrogen-bond acceptors (Lipinski definition) is 2. The molecule has 2 aliphatic carbocycles. The molecule has 0 bridgehead atoms. The molecular weight excluding hydrogens is 226 g/mol. The van der Waals surface area contributed by atoms with Crippen LogP contribution < -0.4 is 11.1 Å². The van der Waals surface area contributed by atoms with Gasteiger partial charge in [-0.3, -0.25) is 4.99 Å². The minimum absolute atomic E-state index is 0.329. The maximum atomic E-state index is 9.19. The second-order valence-corrected chi connectivity index (χ2v) is 5.98. The van der Waals surface area contributed by atoms with Gasteiger partial charge in [0.25, 0.3) is 0 Å². The molecule has 2 aliphatic rings. The molecule has 0 spiro atoms. The van der Waals surface area contributed by atoms with E-state index >= 15 is 0 Å². The van der Waals surface area contributed by atoms with Crippen LogP contribution in [-0.4, -0.2) is 30.8 Å². The number of nitrogens with one attached hydrogen (secondary N) is 1. The highest BCUT2D eigenvalue weighted by Gasteiger charge is 2.21. The Bertz CT molecular complexity index is 276. The maximum Gasteiger partial charge on any atom is 0.188 e. The molecule has 104 valence electrons. The zero-order valence-corrected chi connectivity index (χ0v) is 11.3. The van der Waals surface area contributed by atoms with E-state index in [1.54, 1.807) is 0 Å². The fourth-order valence-electron chi connectivity index (χ4n) is 2.96. The van der Waals surface area contributed by atoms with Crippen molar-refractivity contribution >= 4 is 5.96 Å². The van der Waals surface area contributed by atoms with Crippen molar-refractivity contribution in [2.75, 3.05) is 19.7 Å². The summed E-state index contributed by atoms with van der Waals surface area (Å²) in [6.07, 6.45) is 8.77. The van der Waals surface area contributed by atoms with E-state index in [1.807, 2.05) is 0 Å². The molecule has 2 atom stereocenters. The molecule has 0 unspecified atom stereocenters. The second-order valence-electron chi connectivity index (χ2n) is 5.98. The van der Waals surface area contributed by atoms with Gasteiger partial charge in [0.2, 0.25) is 0 Å². The van der Waals surface area contributed by atoms with Crippen LogP contribution in [-0.2, 0) is 0 Å². The van der Waals surface area contributed by atoms with Crippen LogP contribution in [0.4, 0.5) is 0 Å². The first-order valence-electron chi connectivity index (χ1n) is 7.42. The van der Waals surface area contributed by atoms with E-state index in [4.69, 9.17) is 5.73 Å². The van der Waals surface area contributed by atoms with E-state index in [1.165, 1.54) is 38.5 Å². The molecule has 0 heterocycles. The fraction of sp³-hybridized carbons (Fsp3) is 0.929. The Morgan fingerprint density at radius 1 is 1.11 bits per heavy atom. The Labute approximate surface area is 110 Å². The molecule has 0 aromatic heterocycles. The van der Waals surface area contributed by atoms with Crippen LogP contribution in [0.5, 0.6) is 0 Å². The van der Waals surface area contributed by atoms with Crippen LogP contribution in [0, 0.1) is 17.8 Å². The van der Waals surface area contributed by atoms with E-state index in [9.17, 15) is 5.11 Å². The lowest BCUT2D eigenvalue weighted by Gasteiger charge is -2.27. The van der Waals surface area contributed by atoms with Crippen LogP contribution >= 0.6 is 0 Å². The Morgan fingerprint density at radius 3 is 2.44 bits per heavy atom. The third kappa shape index (κ3) is 4.16. The van der Waals surface area contributed by atoms with Gasteiger partial charge in [-0.05, 0) is 49.9 Å². The normalized spacial score (nSPS) is 29.9. The summed E-state index contributed by atoms with van der Waals surface area (Å²) < 4.78 is 0. The van der Waals surface area contributed by atoms with E-state index in [0.29, 0.717) is 24.4 Å². The summed E-state index contributed by atoms with van der Waals surface area (Å²) in [7, 11) is 0. The molecule has 4 heteroatoms. The molecule has 0 radical (unpaired) electrons. The van der Waals surface area contributed by atoms with Crippen molar-refractivity contribution in [2.45, 2.75) is 44.9 Å². The van der Waals surface area contributed by atoms with Gasteiger partial charge < -0.3 is 16.2 Å². The highest BCUT2D eigenvalue weighted by atomic mass is 16.3. The first kappa shape index (κ1) is 13.7. The van der Waals surface area contributed by atoms with Gasteiger partial charge in [0.1, 0.15) is 0 Å². The molecule has 0 saturated heterocycles. The molecule has 18 heavy (non-hydrogen) atoms. The number of nitrogens with two attached hydrogens (primary N) is 1. The van der Waals surface area contributed by atoms with Gasteiger partial charge in [0.15, 0.2) is 5.96 Å². The summed E-state index contributed by atoms with van der Waals surface area (Å²) in [4.78, 5) is 4.45. The van der Waals surface area contributed by atoms with Crippen LogP contribution in [0.3, 0.4) is 0 Å². The van der Waals surface area contributed by atoms with Crippen LogP contribution in [0.2, 0.25) is 0 Å². The number of hydrogen-bond donors (Lipinski definition) is 3. The molecule has 2 rings (SSSR count). The molecule has 0 aromatic rings. The first-order valence-corrected chi connectivity index (χ1v) is 7.42. The SMILES string of the molecule is NC(=NC[C@H]1CCC[C@@H](CO)C1)NCC1CCC1. The number of guanidine groups is 1. The molecular formula is C14H27N3O. The Balaban J connectivity index is 1.64. The molecule has 2 fully saturated rings. The molecule has 0 aromatic carbocycles. The van der Waals surface area contributed by atoms with Crippen LogP contribution in [0.15, 0.2) is 4.99 Å². The number of nitrogens with zero attached hydrogens (tertiary/aromatic N) is 1. The summed E-state index contributed by atoms with van der Waals surface area (Å²) in [6, 6.07) is 0. The van der Waals surface area contributed by atoms with Gasteiger partial charge in [-0.25, -0.2) is 0 Å². The summed E-state index contributed by atoms with van der Waals surface area (Å²) >= 11 is 0. The van der Waals surface area contributed by atoms with E-state index in [-0.39, 0.29) is 0 Å². The van der Waals surface area contributed by atoms with E-state index in [2.05, 4.69) is 10.3 Å². The monoisotopic (exact) mass is 253 g/mol. The fourth-order valence-corrected chi connectivity index (χ4v) is 2.96. The summed E-state index contributed by atoms with van der Waals surface area (Å²) in [5.41, 5.74) is 5.87. The highest BCUT2D eigenvalue weighted by Crippen LogP contribution is 2.28.